The van der Waals surface area contributed by atoms with Crippen LogP contribution < -0.4 is 25.4 Å². The number of sulfonamides is 1. The van der Waals surface area contributed by atoms with Gasteiger partial charge < -0.3 is 30.5 Å². The van der Waals surface area contributed by atoms with Crippen molar-refractivity contribution in [3.63, 3.8) is 0 Å². The fraction of sp³-hybridized carbons (Fsp3) is 0.562. The number of aliphatic hydroxyl groups is 1. The number of nitrogens with one attached hydrogen (secondary N) is 3. The van der Waals surface area contributed by atoms with Gasteiger partial charge in [0, 0.05) is 19.2 Å². The first kappa shape index (κ1) is 33.7. The lowest BCUT2D eigenvalue weighted by Crippen LogP contribution is -2.58. The number of hydrogen-bond donors (Lipinski definition) is 4. The van der Waals surface area contributed by atoms with E-state index in [0.717, 1.165) is 18.5 Å². The number of fused-ring (bicyclic) bond motifs is 1. The van der Waals surface area contributed by atoms with Gasteiger partial charge in [-0.3, -0.25) is 9.59 Å². The Morgan fingerprint density at radius 2 is 1.77 bits per heavy atom. The molecule has 2 heterocycles. The van der Waals surface area contributed by atoms with Gasteiger partial charge in [-0.25, -0.2) is 8.42 Å². The van der Waals surface area contributed by atoms with Crippen LogP contribution in [-0.2, 0) is 26.0 Å². The summed E-state index contributed by atoms with van der Waals surface area (Å²) in [7, 11) is -4.05. The van der Waals surface area contributed by atoms with Crippen molar-refractivity contribution in [2.45, 2.75) is 82.5 Å². The van der Waals surface area contributed by atoms with Crippen LogP contribution in [0.15, 0.2) is 53.4 Å². The van der Waals surface area contributed by atoms with Gasteiger partial charge in [-0.2, -0.15) is 4.31 Å². The molecule has 4 rings (SSSR count). The number of amides is 2. The molecule has 0 spiro atoms. The molecule has 2 aliphatic rings. The largest absolute Gasteiger partial charge is 0.454 e. The lowest BCUT2D eigenvalue weighted by molar-refractivity contribution is -0.132. The molecule has 0 bridgehead atoms. The van der Waals surface area contributed by atoms with Gasteiger partial charge in [0.1, 0.15) is 6.04 Å². The summed E-state index contributed by atoms with van der Waals surface area (Å²) in [5, 5.41) is 20.7. The molecular weight excluding hydrogens is 584 g/mol. The van der Waals surface area contributed by atoms with Crippen LogP contribution in [0.2, 0.25) is 0 Å². The zero-order valence-electron chi connectivity index (χ0n) is 26.0. The fourth-order valence-corrected chi connectivity index (χ4v) is 7.13. The highest BCUT2D eigenvalue weighted by Crippen LogP contribution is 2.35. The van der Waals surface area contributed by atoms with Crippen LogP contribution in [0.4, 0.5) is 0 Å². The van der Waals surface area contributed by atoms with Gasteiger partial charge in [-0.05, 0) is 55.3 Å². The van der Waals surface area contributed by atoms with Crippen molar-refractivity contribution in [3.8, 4) is 11.5 Å². The Balaban J connectivity index is 1.58. The fourth-order valence-electron chi connectivity index (χ4n) is 5.49. The van der Waals surface area contributed by atoms with Crippen molar-refractivity contribution < 1.29 is 32.6 Å². The van der Waals surface area contributed by atoms with Crippen LogP contribution in [0.1, 0.15) is 52.5 Å². The first-order valence-corrected chi connectivity index (χ1v) is 16.9. The van der Waals surface area contributed by atoms with Gasteiger partial charge in [-0.1, -0.05) is 64.4 Å². The highest BCUT2D eigenvalue weighted by atomic mass is 32.2. The van der Waals surface area contributed by atoms with Gasteiger partial charge in [0.15, 0.2) is 11.5 Å². The number of aliphatic hydroxyl groups excluding tert-OH is 1. The molecular formula is C32H46N4O7S. The Morgan fingerprint density at radius 3 is 2.43 bits per heavy atom. The molecule has 5 atom stereocenters. The standard InChI is InChI=1S/C32H46N4O7S/c1-5-22(4)30(35-31(38)25-12-9-15-33-25)32(39)34-26(16-23-10-7-6-8-11-23)27(37)19-36(18-21(2)3)44(40,41)24-13-14-28-29(17-24)43-20-42-28/h6-8,10-11,13-14,17,21-22,25-27,30,33,37H,5,9,12,15-16,18-20H2,1-4H3,(H,34,39)(H,35,38)/t22-,25-,26-,27+,30-/m0/s1. The molecule has 2 aromatic carbocycles. The second kappa shape index (κ2) is 15.2. The van der Waals surface area contributed by atoms with Crippen molar-refractivity contribution in [2.75, 3.05) is 26.4 Å². The molecule has 12 heteroatoms. The predicted octanol–water partition coefficient (Wildman–Crippen LogP) is 2.43. The lowest BCUT2D eigenvalue weighted by atomic mass is 9.95. The SMILES string of the molecule is CC[C@H](C)[C@H](NC(=O)[C@@H]1CCCN1)C(=O)N[C@@H](Cc1ccccc1)[C@H](O)CN(CC(C)C)S(=O)(=O)c1ccc2c(c1)OCO2. The summed E-state index contributed by atoms with van der Waals surface area (Å²) in [5.41, 5.74) is 0.866. The molecule has 2 aliphatic heterocycles. The van der Waals surface area contributed by atoms with E-state index in [-0.39, 0.29) is 55.0 Å². The minimum atomic E-state index is -4.05. The molecule has 0 aromatic heterocycles. The number of hydrogen-bond acceptors (Lipinski definition) is 8. The van der Waals surface area contributed by atoms with Crippen molar-refractivity contribution in [1.29, 1.82) is 0 Å². The van der Waals surface area contributed by atoms with Crippen LogP contribution in [0.5, 0.6) is 11.5 Å². The quantitative estimate of drug-likeness (QED) is 0.235. The van der Waals surface area contributed by atoms with Crippen LogP contribution in [0, 0.1) is 11.8 Å². The van der Waals surface area contributed by atoms with Gasteiger partial charge in [0.05, 0.1) is 23.1 Å². The zero-order valence-corrected chi connectivity index (χ0v) is 26.8. The summed E-state index contributed by atoms with van der Waals surface area (Å²) in [4.78, 5) is 26.8. The first-order valence-electron chi connectivity index (χ1n) is 15.5. The van der Waals surface area contributed by atoms with E-state index >= 15 is 0 Å². The predicted molar refractivity (Wildman–Crippen MR) is 167 cm³/mol. The van der Waals surface area contributed by atoms with E-state index in [4.69, 9.17) is 9.47 Å². The monoisotopic (exact) mass is 630 g/mol. The third-order valence-electron chi connectivity index (χ3n) is 8.20. The van der Waals surface area contributed by atoms with Crippen LogP contribution in [0.3, 0.4) is 0 Å². The van der Waals surface area contributed by atoms with E-state index in [0.29, 0.717) is 24.3 Å². The number of nitrogens with zero attached hydrogens (tertiary/aromatic N) is 1. The topological polar surface area (TPSA) is 146 Å². The summed E-state index contributed by atoms with van der Waals surface area (Å²) in [6.07, 6.45) is 1.26. The van der Waals surface area contributed by atoms with Crippen molar-refractivity contribution in [3.05, 3.63) is 54.1 Å². The molecule has 1 fully saturated rings. The first-order chi connectivity index (χ1) is 21.0. The third kappa shape index (κ3) is 8.50. The molecule has 0 radical (unpaired) electrons. The number of rotatable bonds is 15. The molecule has 2 amide bonds. The maximum Gasteiger partial charge on any atom is 0.243 e. The number of ether oxygens (including phenoxy) is 2. The van der Waals surface area contributed by atoms with Crippen LogP contribution in [-0.4, -0.2) is 80.3 Å². The van der Waals surface area contributed by atoms with Gasteiger partial charge in [0.25, 0.3) is 0 Å². The minimum Gasteiger partial charge on any atom is -0.454 e. The maximum atomic E-state index is 13.9. The summed E-state index contributed by atoms with van der Waals surface area (Å²) >= 11 is 0. The van der Waals surface area contributed by atoms with E-state index in [9.17, 15) is 23.1 Å². The number of carbonyl (C=O) groups is 2. The van der Waals surface area contributed by atoms with Crippen LogP contribution in [0.25, 0.3) is 0 Å². The second-order valence-corrected chi connectivity index (χ2v) is 14.1. The average molecular weight is 631 g/mol. The van der Waals surface area contributed by atoms with Gasteiger partial charge >= 0.3 is 0 Å². The second-order valence-electron chi connectivity index (χ2n) is 12.1. The zero-order chi connectivity index (χ0) is 31.9. The third-order valence-corrected chi connectivity index (χ3v) is 10.0. The summed E-state index contributed by atoms with van der Waals surface area (Å²) in [5.74, 6) is -0.0326. The van der Waals surface area contributed by atoms with E-state index in [1.165, 1.54) is 16.4 Å². The van der Waals surface area contributed by atoms with E-state index in [2.05, 4.69) is 16.0 Å². The Morgan fingerprint density at radius 1 is 1.05 bits per heavy atom. The van der Waals surface area contributed by atoms with Crippen LogP contribution >= 0.6 is 0 Å². The molecule has 242 valence electrons. The molecule has 2 aromatic rings. The van der Waals surface area contributed by atoms with Crippen molar-refractivity contribution in [2.24, 2.45) is 11.8 Å². The summed E-state index contributed by atoms with van der Waals surface area (Å²) in [6, 6.07) is 11.9. The Kier molecular flexibility index (Phi) is 11.6. The van der Waals surface area contributed by atoms with Crippen molar-refractivity contribution >= 4 is 21.8 Å². The molecule has 4 N–H and O–H groups in total. The Bertz CT molecular complexity index is 1370. The molecule has 11 nitrogen and oxygen atoms in total. The van der Waals surface area contributed by atoms with Gasteiger partial charge in [0.2, 0.25) is 28.6 Å². The molecule has 0 saturated carbocycles. The normalized spacial score (nSPS) is 19.0. The lowest BCUT2D eigenvalue weighted by Gasteiger charge is -2.32. The molecule has 1 saturated heterocycles. The number of benzene rings is 2. The number of carbonyl (C=O) groups excluding carboxylic acids is 2. The highest BCUT2D eigenvalue weighted by Gasteiger charge is 2.35. The Hall–Kier alpha value is -3.19. The summed E-state index contributed by atoms with van der Waals surface area (Å²) < 4.78 is 39.7. The Labute approximate surface area is 260 Å². The molecule has 0 aliphatic carbocycles. The van der Waals surface area contributed by atoms with E-state index in [1.807, 2.05) is 58.0 Å². The van der Waals surface area contributed by atoms with E-state index in [1.54, 1.807) is 6.07 Å². The average Bonchev–Trinajstić information content (AvgIpc) is 3.71. The van der Waals surface area contributed by atoms with Gasteiger partial charge in [-0.15, -0.1) is 0 Å². The minimum absolute atomic E-state index is 0.0172. The summed E-state index contributed by atoms with van der Waals surface area (Å²) in [6.45, 7) is 8.32. The highest BCUT2D eigenvalue weighted by molar-refractivity contribution is 7.89. The van der Waals surface area contributed by atoms with E-state index < -0.39 is 34.1 Å². The maximum absolute atomic E-state index is 13.9. The van der Waals surface area contributed by atoms with Crippen molar-refractivity contribution in [1.82, 2.24) is 20.3 Å². The molecule has 0 unspecified atom stereocenters. The molecule has 44 heavy (non-hydrogen) atoms. The smallest absolute Gasteiger partial charge is 0.243 e.